The molecule has 3 rings (SSSR count). The van der Waals surface area contributed by atoms with Gasteiger partial charge in [0.25, 0.3) is 0 Å². The summed E-state index contributed by atoms with van der Waals surface area (Å²) < 4.78 is 7.08. The molecule has 2 aromatic carbocycles. The van der Waals surface area contributed by atoms with Crippen LogP contribution in [0.1, 0.15) is 40.9 Å². The van der Waals surface area contributed by atoms with E-state index in [4.69, 9.17) is 4.74 Å². The summed E-state index contributed by atoms with van der Waals surface area (Å²) in [6.07, 6.45) is 0.0299. The van der Waals surface area contributed by atoms with Crippen molar-refractivity contribution in [3.63, 3.8) is 0 Å². The molecular formula is C17H17BrO2. The number of ether oxygens (including phenoxy) is 1. The Kier molecular flexibility index (Phi) is 3.57. The molecule has 0 saturated heterocycles. The van der Waals surface area contributed by atoms with Crippen LogP contribution in [0.5, 0.6) is 5.75 Å². The highest BCUT2D eigenvalue weighted by Crippen LogP contribution is 2.42. The number of hydrogen-bond acceptors (Lipinski definition) is 2. The predicted molar refractivity (Wildman–Crippen MR) is 83.0 cm³/mol. The molecule has 0 aromatic heterocycles. The van der Waals surface area contributed by atoms with Gasteiger partial charge in [-0.3, -0.25) is 0 Å². The summed E-state index contributed by atoms with van der Waals surface area (Å²) in [7, 11) is 0. The average Bonchev–Trinajstić information content (AvgIpc) is 2.41. The van der Waals surface area contributed by atoms with Crippen molar-refractivity contribution < 1.29 is 9.84 Å². The molecule has 3 heteroatoms. The van der Waals surface area contributed by atoms with Crippen LogP contribution >= 0.6 is 15.9 Å². The molecule has 1 heterocycles. The first-order valence-electron chi connectivity index (χ1n) is 6.76. The highest BCUT2D eigenvalue weighted by atomic mass is 79.9. The molecule has 104 valence electrons. The Bertz CT molecular complexity index is 651. The number of fused-ring (bicyclic) bond motifs is 1. The lowest BCUT2D eigenvalue weighted by atomic mass is 9.91. The average molecular weight is 333 g/mol. The van der Waals surface area contributed by atoms with Crippen LogP contribution in [-0.2, 0) is 0 Å². The first-order chi connectivity index (χ1) is 9.56. The van der Waals surface area contributed by atoms with Crippen LogP contribution in [-0.4, -0.2) is 5.11 Å². The molecule has 2 nitrogen and oxygen atoms in total. The fraction of sp³-hybridized carbons (Fsp3) is 0.294. The lowest BCUT2D eigenvalue weighted by Gasteiger charge is -2.31. The van der Waals surface area contributed by atoms with Crippen LogP contribution in [0.2, 0.25) is 0 Å². The van der Waals surface area contributed by atoms with Gasteiger partial charge in [0.15, 0.2) is 0 Å². The highest BCUT2D eigenvalue weighted by molar-refractivity contribution is 9.10. The SMILES string of the molecule is Cc1cccc(C2C[C@H](O)c3ccc(Br)cc3O2)c1C. The molecule has 2 aromatic rings. The zero-order valence-corrected chi connectivity index (χ0v) is 13.1. The fourth-order valence-corrected chi connectivity index (χ4v) is 3.07. The maximum atomic E-state index is 10.3. The van der Waals surface area contributed by atoms with Gasteiger partial charge in [0.05, 0.1) is 6.10 Å². The summed E-state index contributed by atoms with van der Waals surface area (Å²) in [4.78, 5) is 0. The molecule has 1 aliphatic heterocycles. The molecule has 0 fully saturated rings. The zero-order valence-electron chi connectivity index (χ0n) is 11.6. The van der Waals surface area contributed by atoms with Crippen molar-refractivity contribution in [1.29, 1.82) is 0 Å². The minimum atomic E-state index is -0.475. The monoisotopic (exact) mass is 332 g/mol. The van der Waals surface area contributed by atoms with Crippen LogP contribution in [0, 0.1) is 13.8 Å². The van der Waals surface area contributed by atoms with Gasteiger partial charge < -0.3 is 9.84 Å². The van der Waals surface area contributed by atoms with Gasteiger partial charge in [0.2, 0.25) is 0 Å². The lowest BCUT2D eigenvalue weighted by molar-refractivity contribution is 0.0653. The van der Waals surface area contributed by atoms with Crippen LogP contribution in [0.4, 0.5) is 0 Å². The number of aliphatic hydroxyl groups excluding tert-OH is 1. The minimum absolute atomic E-state index is 0.0910. The molecule has 1 unspecified atom stereocenters. The minimum Gasteiger partial charge on any atom is -0.485 e. The number of hydrogen-bond donors (Lipinski definition) is 1. The summed E-state index contributed by atoms with van der Waals surface area (Å²) in [5.41, 5.74) is 4.52. The van der Waals surface area contributed by atoms with Crippen molar-refractivity contribution in [2.24, 2.45) is 0 Å². The molecule has 0 radical (unpaired) electrons. The summed E-state index contributed by atoms with van der Waals surface area (Å²) in [6.45, 7) is 4.21. The van der Waals surface area contributed by atoms with E-state index >= 15 is 0 Å². The first kappa shape index (κ1) is 13.7. The van der Waals surface area contributed by atoms with Gasteiger partial charge in [-0.25, -0.2) is 0 Å². The van der Waals surface area contributed by atoms with Crippen LogP contribution in [0.25, 0.3) is 0 Å². The van der Waals surface area contributed by atoms with Gasteiger partial charge in [-0.2, -0.15) is 0 Å². The van der Waals surface area contributed by atoms with Gasteiger partial charge in [-0.1, -0.05) is 40.2 Å². The standard InChI is InChI=1S/C17H17BrO2/c1-10-4-3-5-13(11(10)2)17-9-15(19)14-7-6-12(18)8-16(14)20-17/h3-8,15,17,19H,9H2,1-2H3/t15-,17?/m0/s1. The topological polar surface area (TPSA) is 29.5 Å². The molecule has 0 amide bonds. The van der Waals surface area contributed by atoms with Gasteiger partial charge in [0, 0.05) is 16.5 Å². The van der Waals surface area contributed by atoms with E-state index in [-0.39, 0.29) is 6.10 Å². The third-order valence-electron chi connectivity index (χ3n) is 4.03. The van der Waals surface area contributed by atoms with Gasteiger partial charge in [-0.15, -0.1) is 0 Å². The van der Waals surface area contributed by atoms with E-state index in [1.165, 1.54) is 11.1 Å². The van der Waals surface area contributed by atoms with Crippen molar-refractivity contribution in [2.45, 2.75) is 32.5 Å². The van der Waals surface area contributed by atoms with E-state index in [2.05, 4.69) is 41.9 Å². The summed E-state index contributed by atoms with van der Waals surface area (Å²) in [5, 5.41) is 10.3. The number of halogens is 1. The van der Waals surface area contributed by atoms with Crippen molar-refractivity contribution in [3.05, 3.63) is 63.1 Å². The Morgan fingerprint density at radius 3 is 2.75 bits per heavy atom. The smallest absolute Gasteiger partial charge is 0.127 e. The maximum absolute atomic E-state index is 10.3. The van der Waals surface area contributed by atoms with E-state index in [1.54, 1.807) is 0 Å². The van der Waals surface area contributed by atoms with E-state index < -0.39 is 6.10 Å². The molecule has 0 saturated carbocycles. The Morgan fingerprint density at radius 2 is 1.95 bits per heavy atom. The van der Waals surface area contributed by atoms with Crippen LogP contribution in [0.3, 0.4) is 0 Å². The normalized spacial score (nSPS) is 21.2. The zero-order chi connectivity index (χ0) is 14.3. The second kappa shape index (κ2) is 5.23. The second-order valence-electron chi connectivity index (χ2n) is 5.33. The quantitative estimate of drug-likeness (QED) is 0.825. The molecule has 0 spiro atoms. The van der Waals surface area contributed by atoms with Gasteiger partial charge in [-0.05, 0) is 42.7 Å². The Hall–Kier alpha value is -1.32. The van der Waals surface area contributed by atoms with Gasteiger partial charge >= 0.3 is 0 Å². The molecule has 1 aliphatic rings. The van der Waals surface area contributed by atoms with Gasteiger partial charge in [0.1, 0.15) is 11.9 Å². The molecule has 2 atom stereocenters. The molecule has 1 N–H and O–H groups in total. The van der Waals surface area contributed by atoms with Crippen molar-refractivity contribution in [3.8, 4) is 5.75 Å². The lowest BCUT2D eigenvalue weighted by Crippen LogP contribution is -2.20. The fourth-order valence-electron chi connectivity index (χ4n) is 2.73. The first-order valence-corrected chi connectivity index (χ1v) is 7.56. The largest absolute Gasteiger partial charge is 0.485 e. The number of aryl methyl sites for hydroxylation is 1. The molecule has 0 aliphatic carbocycles. The van der Waals surface area contributed by atoms with E-state index in [9.17, 15) is 5.11 Å². The van der Waals surface area contributed by atoms with Crippen LogP contribution < -0.4 is 4.74 Å². The number of benzene rings is 2. The predicted octanol–water partition coefficient (Wildman–Crippen LogP) is 4.62. The summed E-state index contributed by atoms with van der Waals surface area (Å²) in [5.74, 6) is 0.768. The number of aliphatic hydroxyl groups is 1. The third-order valence-corrected chi connectivity index (χ3v) is 4.53. The summed E-state index contributed by atoms with van der Waals surface area (Å²) >= 11 is 3.45. The second-order valence-corrected chi connectivity index (χ2v) is 6.24. The third kappa shape index (κ3) is 2.36. The highest BCUT2D eigenvalue weighted by Gasteiger charge is 2.29. The van der Waals surface area contributed by atoms with Crippen molar-refractivity contribution >= 4 is 15.9 Å². The van der Waals surface area contributed by atoms with Crippen molar-refractivity contribution in [1.82, 2.24) is 0 Å². The Labute approximate surface area is 127 Å². The Morgan fingerprint density at radius 1 is 1.15 bits per heavy atom. The maximum Gasteiger partial charge on any atom is 0.127 e. The molecule has 20 heavy (non-hydrogen) atoms. The van der Waals surface area contributed by atoms with E-state index in [0.29, 0.717) is 6.42 Å². The van der Waals surface area contributed by atoms with E-state index in [1.807, 2.05) is 24.3 Å². The Balaban J connectivity index is 2.00. The van der Waals surface area contributed by atoms with Crippen molar-refractivity contribution in [2.75, 3.05) is 0 Å². The molecular weight excluding hydrogens is 316 g/mol. The summed E-state index contributed by atoms with van der Waals surface area (Å²) in [6, 6.07) is 12.0. The van der Waals surface area contributed by atoms with E-state index in [0.717, 1.165) is 21.3 Å². The molecule has 0 bridgehead atoms. The number of rotatable bonds is 1. The van der Waals surface area contributed by atoms with Crippen LogP contribution in [0.15, 0.2) is 40.9 Å².